The van der Waals surface area contributed by atoms with E-state index in [4.69, 9.17) is 0 Å². The van der Waals surface area contributed by atoms with Crippen molar-refractivity contribution in [2.24, 2.45) is 5.92 Å². The zero-order valence-electron chi connectivity index (χ0n) is 12.5. The summed E-state index contributed by atoms with van der Waals surface area (Å²) in [6.07, 6.45) is 4.09. The van der Waals surface area contributed by atoms with Gasteiger partial charge in [-0.1, -0.05) is 37.3 Å². The van der Waals surface area contributed by atoms with E-state index in [1.54, 1.807) is 0 Å². The quantitative estimate of drug-likeness (QED) is 0.865. The summed E-state index contributed by atoms with van der Waals surface area (Å²) in [6.45, 7) is 5.83. The van der Waals surface area contributed by atoms with Crippen LogP contribution in [0.3, 0.4) is 0 Å². The van der Waals surface area contributed by atoms with E-state index in [2.05, 4.69) is 24.4 Å². The summed E-state index contributed by atoms with van der Waals surface area (Å²) in [5, 5.41) is 3.39. The first kappa shape index (κ1) is 15.0. The third-order valence-corrected chi connectivity index (χ3v) is 3.92. The van der Waals surface area contributed by atoms with Gasteiger partial charge in [-0.05, 0) is 43.8 Å². The van der Waals surface area contributed by atoms with Crippen molar-refractivity contribution < 1.29 is 4.79 Å². The highest BCUT2D eigenvalue weighted by Crippen LogP contribution is 2.16. The molecule has 1 aromatic rings. The molecule has 1 saturated heterocycles. The molecular weight excluding hydrogens is 248 g/mol. The van der Waals surface area contributed by atoms with Crippen molar-refractivity contribution in [3.63, 3.8) is 0 Å². The highest BCUT2D eigenvalue weighted by molar-refractivity contribution is 5.76. The molecule has 2 rings (SSSR count). The summed E-state index contributed by atoms with van der Waals surface area (Å²) in [5.74, 6) is 0.829. The van der Waals surface area contributed by atoms with Gasteiger partial charge in [-0.15, -0.1) is 0 Å². The average Bonchev–Trinajstić information content (AvgIpc) is 2.49. The monoisotopic (exact) mass is 274 g/mol. The lowest BCUT2D eigenvalue weighted by Crippen LogP contribution is -2.36. The number of rotatable bonds is 6. The van der Waals surface area contributed by atoms with Gasteiger partial charge in [0.2, 0.25) is 5.91 Å². The largest absolute Gasteiger partial charge is 0.338 e. The molecule has 1 heterocycles. The van der Waals surface area contributed by atoms with Crippen LogP contribution >= 0.6 is 0 Å². The van der Waals surface area contributed by atoms with Crippen LogP contribution in [-0.4, -0.2) is 30.4 Å². The summed E-state index contributed by atoms with van der Waals surface area (Å²) < 4.78 is 0. The zero-order chi connectivity index (χ0) is 14.2. The topological polar surface area (TPSA) is 32.3 Å². The molecule has 110 valence electrons. The minimum atomic E-state index is 0.310. The highest BCUT2D eigenvalue weighted by Gasteiger charge is 2.20. The summed E-state index contributed by atoms with van der Waals surface area (Å²) in [5.41, 5.74) is 1.22. The van der Waals surface area contributed by atoms with E-state index < -0.39 is 0 Å². The molecule has 1 atom stereocenters. The number of piperidine rings is 1. The Morgan fingerprint density at radius 1 is 1.35 bits per heavy atom. The third kappa shape index (κ3) is 4.64. The van der Waals surface area contributed by atoms with Gasteiger partial charge in [0.05, 0.1) is 0 Å². The molecule has 0 aromatic heterocycles. The SMILES string of the molecule is CCCN(Cc1ccccc1)C(=O)CC1CCCNC1. The molecule has 0 bridgehead atoms. The molecule has 20 heavy (non-hydrogen) atoms. The van der Waals surface area contributed by atoms with Crippen LogP contribution < -0.4 is 5.32 Å². The van der Waals surface area contributed by atoms with Crippen LogP contribution in [0.1, 0.15) is 38.2 Å². The first-order valence-corrected chi connectivity index (χ1v) is 7.82. The van der Waals surface area contributed by atoms with Gasteiger partial charge in [-0.3, -0.25) is 4.79 Å². The Kier molecular flexibility index (Phi) is 6.06. The summed E-state index contributed by atoms with van der Waals surface area (Å²) in [6, 6.07) is 10.3. The Balaban J connectivity index is 1.91. The summed E-state index contributed by atoms with van der Waals surface area (Å²) >= 11 is 0. The number of hydrogen-bond donors (Lipinski definition) is 1. The zero-order valence-corrected chi connectivity index (χ0v) is 12.5. The standard InChI is InChI=1S/C17H26N2O/c1-2-11-19(14-15-7-4-3-5-8-15)17(20)12-16-9-6-10-18-13-16/h3-5,7-8,16,18H,2,6,9-14H2,1H3. The van der Waals surface area contributed by atoms with Crippen molar-refractivity contribution in [2.75, 3.05) is 19.6 Å². The van der Waals surface area contributed by atoms with E-state index in [0.29, 0.717) is 18.2 Å². The molecule has 1 N–H and O–H groups in total. The van der Waals surface area contributed by atoms with Gasteiger partial charge in [-0.2, -0.15) is 0 Å². The van der Waals surface area contributed by atoms with Gasteiger partial charge in [0, 0.05) is 19.5 Å². The van der Waals surface area contributed by atoms with E-state index in [-0.39, 0.29) is 0 Å². The van der Waals surface area contributed by atoms with Gasteiger partial charge in [0.15, 0.2) is 0 Å². The second-order valence-corrected chi connectivity index (χ2v) is 5.72. The second-order valence-electron chi connectivity index (χ2n) is 5.72. The van der Waals surface area contributed by atoms with Crippen LogP contribution in [0.4, 0.5) is 0 Å². The number of carbonyl (C=O) groups is 1. The lowest BCUT2D eigenvalue weighted by atomic mass is 9.95. The number of carbonyl (C=O) groups excluding carboxylic acids is 1. The minimum absolute atomic E-state index is 0.310. The molecule has 0 spiro atoms. The van der Waals surface area contributed by atoms with Gasteiger partial charge in [-0.25, -0.2) is 0 Å². The lowest BCUT2D eigenvalue weighted by molar-refractivity contribution is -0.133. The number of amides is 1. The Labute approximate surface area is 122 Å². The molecule has 1 aliphatic heterocycles. The van der Waals surface area contributed by atoms with Crippen molar-refractivity contribution in [2.45, 2.75) is 39.2 Å². The summed E-state index contributed by atoms with van der Waals surface area (Å²) in [7, 11) is 0. The average molecular weight is 274 g/mol. The maximum atomic E-state index is 12.5. The number of benzene rings is 1. The molecule has 1 aliphatic rings. The predicted molar refractivity (Wildman–Crippen MR) is 82.4 cm³/mol. The molecule has 0 aliphatic carbocycles. The number of nitrogens with zero attached hydrogens (tertiary/aromatic N) is 1. The van der Waals surface area contributed by atoms with Crippen molar-refractivity contribution in [1.29, 1.82) is 0 Å². The van der Waals surface area contributed by atoms with Crippen molar-refractivity contribution in [1.82, 2.24) is 10.2 Å². The van der Waals surface area contributed by atoms with Gasteiger partial charge < -0.3 is 10.2 Å². The van der Waals surface area contributed by atoms with E-state index in [0.717, 1.165) is 32.6 Å². The molecule has 1 unspecified atom stereocenters. The molecule has 3 heteroatoms. The van der Waals surface area contributed by atoms with E-state index >= 15 is 0 Å². The molecular formula is C17H26N2O. The van der Waals surface area contributed by atoms with Crippen LogP contribution in [-0.2, 0) is 11.3 Å². The third-order valence-electron chi connectivity index (χ3n) is 3.92. The molecule has 3 nitrogen and oxygen atoms in total. The van der Waals surface area contributed by atoms with Crippen LogP contribution in [0.2, 0.25) is 0 Å². The molecule has 0 saturated carbocycles. The fraction of sp³-hybridized carbons (Fsp3) is 0.588. The summed E-state index contributed by atoms with van der Waals surface area (Å²) in [4.78, 5) is 14.5. The Morgan fingerprint density at radius 2 is 2.15 bits per heavy atom. The van der Waals surface area contributed by atoms with Crippen molar-refractivity contribution in [3.05, 3.63) is 35.9 Å². The van der Waals surface area contributed by atoms with E-state index in [1.807, 2.05) is 23.1 Å². The fourth-order valence-electron chi connectivity index (χ4n) is 2.84. The van der Waals surface area contributed by atoms with E-state index in [1.165, 1.54) is 18.4 Å². The second kappa shape index (κ2) is 8.05. The Bertz CT molecular complexity index is 399. The first-order chi connectivity index (χ1) is 9.79. The normalized spacial score (nSPS) is 18.8. The first-order valence-electron chi connectivity index (χ1n) is 7.82. The fourth-order valence-corrected chi connectivity index (χ4v) is 2.84. The Morgan fingerprint density at radius 3 is 2.80 bits per heavy atom. The van der Waals surface area contributed by atoms with Gasteiger partial charge in [0.25, 0.3) is 0 Å². The molecule has 1 amide bonds. The van der Waals surface area contributed by atoms with Crippen LogP contribution in [0.25, 0.3) is 0 Å². The van der Waals surface area contributed by atoms with Gasteiger partial charge >= 0.3 is 0 Å². The van der Waals surface area contributed by atoms with Crippen LogP contribution in [0.15, 0.2) is 30.3 Å². The molecule has 1 aromatic carbocycles. The van der Waals surface area contributed by atoms with Crippen molar-refractivity contribution in [3.8, 4) is 0 Å². The number of hydrogen-bond acceptors (Lipinski definition) is 2. The molecule has 1 fully saturated rings. The maximum absolute atomic E-state index is 12.5. The van der Waals surface area contributed by atoms with Crippen LogP contribution in [0, 0.1) is 5.92 Å². The highest BCUT2D eigenvalue weighted by atomic mass is 16.2. The Hall–Kier alpha value is -1.35. The maximum Gasteiger partial charge on any atom is 0.223 e. The lowest BCUT2D eigenvalue weighted by Gasteiger charge is -2.27. The number of nitrogens with one attached hydrogen (secondary N) is 1. The predicted octanol–water partition coefficient (Wildman–Crippen LogP) is 2.81. The van der Waals surface area contributed by atoms with Gasteiger partial charge in [0.1, 0.15) is 0 Å². The van der Waals surface area contributed by atoms with E-state index in [9.17, 15) is 4.79 Å². The minimum Gasteiger partial charge on any atom is -0.338 e. The van der Waals surface area contributed by atoms with Crippen LogP contribution in [0.5, 0.6) is 0 Å². The smallest absolute Gasteiger partial charge is 0.223 e. The van der Waals surface area contributed by atoms with Crippen molar-refractivity contribution >= 4 is 5.91 Å². The molecule has 0 radical (unpaired) electrons.